The maximum absolute atomic E-state index is 12.7. The van der Waals surface area contributed by atoms with Gasteiger partial charge in [-0.1, -0.05) is 41.9 Å². The van der Waals surface area contributed by atoms with E-state index in [1.807, 2.05) is 35.2 Å². The minimum atomic E-state index is -0.211. The molecule has 4 rings (SSSR count). The second-order valence-corrected chi connectivity index (χ2v) is 9.45. The van der Waals surface area contributed by atoms with E-state index in [1.165, 1.54) is 5.56 Å². The molecular formula is C25H30ClN3O2. The first-order chi connectivity index (χ1) is 14.9. The van der Waals surface area contributed by atoms with Crippen molar-refractivity contribution in [2.75, 3.05) is 26.2 Å². The van der Waals surface area contributed by atoms with Crippen LogP contribution in [0.15, 0.2) is 54.6 Å². The summed E-state index contributed by atoms with van der Waals surface area (Å²) in [5.74, 6) is -0.223. The quantitative estimate of drug-likeness (QED) is 0.761. The average molecular weight is 440 g/mol. The van der Waals surface area contributed by atoms with Gasteiger partial charge in [-0.05, 0) is 56.5 Å². The molecule has 0 aliphatic carbocycles. The third-order valence-corrected chi connectivity index (χ3v) is 7.06. The summed E-state index contributed by atoms with van der Waals surface area (Å²) in [6, 6.07) is 18.0. The van der Waals surface area contributed by atoms with Crippen LogP contribution in [0.3, 0.4) is 0 Å². The molecule has 2 saturated heterocycles. The number of nitrogens with one attached hydrogen (secondary N) is 1. The van der Waals surface area contributed by atoms with Crippen molar-refractivity contribution < 1.29 is 9.59 Å². The van der Waals surface area contributed by atoms with Crippen LogP contribution in [0.1, 0.15) is 48.7 Å². The van der Waals surface area contributed by atoms with Crippen molar-refractivity contribution in [3.05, 3.63) is 70.7 Å². The summed E-state index contributed by atoms with van der Waals surface area (Å²) < 4.78 is 0. The molecule has 2 amide bonds. The van der Waals surface area contributed by atoms with Crippen molar-refractivity contribution in [3.63, 3.8) is 0 Å². The van der Waals surface area contributed by atoms with Gasteiger partial charge in [0, 0.05) is 47.7 Å². The van der Waals surface area contributed by atoms with Crippen LogP contribution in [-0.2, 0) is 4.79 Å². The van der Waals surface area contributed by atoms with Gasteiger partial charge in [-0.25, -0.2) is 0 Å². The van der Waals surface area contributed by atoms with E-state index in [-0.39, 0.29) is 23.8 Å². The fourth-order valence-electron chi connectivity index (χ4n) is 5.04. The molecule has 0 radical (unpaired) electrons. The zero-order chi connectivity index (χ0) is 22.0. The van der Waals surface area contributed by atoms with Gasteiger partial charge in [0.15, 0.2) is 0 Å². The molecule has 31 heavy (non-hydrogen) atoms. The Kier molecular flexibility index (Phi) is 6.35. The number of halogens is 1. The van der Waals surface area contributed by atoms with Crippen molar-refractivity contribution in [2.24, 2.45) is 5.41 Å². The van der Waals surface area contributed by atoms with Crippen LogP contribution in [-0.4, -0.2) is 53.8 Å². The molecule has 1 atom stereocenters. The number of piperidine rings is 1. The normalized spacial score (nSPS) is 20.5. The van der Waals surface area contributed by atoms with E-state index in [1.54, 1.807) is 12.1 Å². The van der Waals surface area contributed by atoms with Gasteiger partial charge in [0.25, 0.3) is 5.91 Å². The van der Waals surface area contributed by atoms with E-state index in [2.05, 4.69) is 36.2 Å². The Balaban J connectivity index is 1.36. The molecule has 2 aliphatic heterocycles. The van der Waals surface area contributed by atoms with Gasteiger partial charge in [0.05, 0.1) is 6.54 Å². The van der Waals surface area contributed by atoms with Gasteiger partial charge in [0.1, 0.15) is 0 Å². The van der Waals surface area contributed by atoms with Gasteiger partial charge in [0.2, 0.25) is 5.91 Å². The average Bonchev–Trinajstić information content (AvgIpc) is 2.78. The third-order valence-electron chi connectivity index (χ3n) is 6.81. The van der Waals surface area contributed by atoms with E-state index >= 15 is 0 Å². The highest BCUT2D eigenvalue weighted by atomic mass is 35.5. The molecule has 164 valence electrons. The number of carbonyl (C=O) groups is 2. The molecule has 6 heteroatoms. The third kappa shape index (κ3) is 4.48. The molecule has 1 spiro atoms. The summed E-state index contributed by atoms with van der Waals surface area (Å²) in [6.07, 6.45) is 1.95. The zero-order valence-electron chi connectivity index (χ0n) is 18.2. The van der Waals surface area contributed by atoms with Crippen LogP contribution in [0.4, 0.5) is 0 Å². The minimum Gasteiger partial charge on any atom is -0.343 e. The fraction of sp³-hybridized carbons (Fsp3) is 0.440. The topological polar surface area (TPSA) is 52.6 Å². The second kappa shape index (κ2) is 9.01. The van der Waals surface area contributed by atoms with Crippen LogP contribution >= 0.6 is 11.6 Å². The van der Waals surface area contributed by atoms with E-state index in [0.717, 1.165) is 37.5 Å². The highest BCUT2D eigenvalue weighted by Crippen LogP contribution is 2.55. The largest absolute Gasteiger partial charge is 0.343 e. The predicted molar refractivity (Wildman–Crippen MR) is 123 cm³/mol. The van der Waals surface area contributed by atoms with Crippen molar-refractivity contribution in [2.45, 2.75) is 38.8 Å². The second-order valence-electron chi connectivity index (χ2n) is 9.01. The first-order valence-electron chi connectivity index (χ1n) is 11.0. The van der Waals surface area contributed by atoms with Gasteiger partial charge >= 0.3 is 0 Å². The van der Waals surface area contributed by atoms with Crippen LogP contribution in [0.5, 0.6) is 0 Å². The van der Waals surface area contributed by atoms with Gasteiger partial charge in [-0.3, -0.25) is 14.5 Å². The number of amides is 2. The molecule has 0 aromatic heterocycles. The molecule has 1 N–H and O–H groups in total. The zero-order valence-corrected chi connectivity index (χ0v) is 18.9. The van der Waals surface area contributed by atoms with Crippen molar-refractivity contribution >= 4 is 23.4 Å². The van der Waals surface area contributed by atoms with Crippen molar-refractivity contribution in [1.29, 1.82) is 0 Å². The van der Waals surface area contributed by atoms with Crippen LogP contribution in [0.25, 0.3) is 0 Å². The number of carbonyl (C=O) groups excluding carboxylic acids is 2. The summed E-state index contributed by atoms with van der Waals surface area (Å²) >= 11 is 6.11. The van der Waals surface area contributed by atoms with E-state index in [9.17, 15) is 9.59 Å². The van der Waals surface area contributed by atoms with Crippen molar-refractivity contribution in [3.8, 4) is 0 Å². The summed E-state index contributed by atoms with van der Waals surface area (Å²) in [7, 11) is 0. The maximum Gasteiger partial charge on any atom is 0.251 e. The first kappa shape index (κ1) is 21.8. The smallest absolute Gasteiger partial charge is 0.251 e. The van der Waals surface area contributed by atoms with E-state index in [0.29, 0.717) is 17.6 Å². The first-order valence-corrected chi connectivity index (χ1v) is 11.4. The lowest BCUT2D eigenvalue weighted by atomic mass is 9.62. The monoisotopic (exact) mass is 439 g/mol. The molecule has 2 heterocycles. The van der Waals surface area contributed by atoms with Crippen molar-refractivity contribution in [1.82, 2.24) is 15.1 Å². The van der Waals surface area contributed by atoms with Crippen LogP contribution in [0.2, 0.25) is 5.02 Å². The van der Waals surface area contributed by atoms with Crippen LogP contribution < -0.4 is 5.32 Å². The fourth-order valence-corrected chi connectivity index (χ4v) is 5.17. The molecule has 2 fully saturated rings. The summed E-state index contributed by atoms with van der Waals surface area (Å²) in [5, 5.41) is 3.51. The highest BCUT2D eigenvalue weighted by Gasteiger charge is 2.54. The SMILES string of the molecule is CC(C)N1CC2(CCN(C(=O)CNC(=O)c3ccccc3)CC2)C1c1ccc(Cl)cc1. The Morgan fingerprint density at radius 3 is 2.32 bits per heavy atom. The lowest BCUT2D eigenvalue weighted by Gasteiger charge is -2.62. The van der Waals surface area contributed by atoms with E-state index in [4.69, 9.17) is 11.6 Å². The molecule has 2 aromatic rings. The molecule has 2 aliphatic rings. The Morgan fingerprint density at radius 1 is 1.06 bits per heavy atom. The molecular weight excluding hydrogens is 410 g/mol. The molecule has 0 bridgehead atoms. The lowest BCUT2D eigenvalue weighted by molar-refractivity contribution is -0.147. The number of hydrogen-bond donors (Lipinski definition) is 1. The Morgan fingerprint density at radius 2 is 1.71 bits per heavy atom. The molecule has 0 saturated carbocycles. The van der Waals surface area contributed by atoms with Gasteiger partial charge in [-0.2, -0.15) is 0 Å². The minimum absolute atomic E-state index is 0.0118. The standard InChI is InChI=1S/C25H30ClN3O2/c1-18(2)29-17-25(23(29)19-8-10-21(26)11-9-19)12-14-28(15-13-25)22(30)16-27-24(31)20-6-4-3-5-7-20/h3-11,18,23H,12-17H2,1-2H3,(H,27,31). The molecule has 1 unspecified atom stereocenters. The lowest BCUT2D eigenvalue weighted by Crippen LogP contribution is -2.64. The molecule has 2 aromatic carbocycles. The van der Waals surface area contributed by atoms with Gasteiger partial charge in [-0.15, -0.1) is 0 Å². The number of likely N-dealkylation sites (tertiary alicyclic amines) is 2. The summed E-state index contributed by atoms with van der Waals surface area (Å²) in [6.45, 7) is 7.05. The maximum atomic E-state index is 12.7. The number of hydrogen-bond acceptors (Lipinski definition) is 3. The number of benzene rings is 2. The Bertz CT molecular complexity index is 922. The molecule has 5 nitrogen and oxygen atoms in total. The Labute approximate surface area is 189 Å². The van der Waals surface area contributed by atoms with E-state index < -0.39 is 0 Å². The number of rotatable bonds is 5. The van der Waals surface area contributed by atoms with Crippen LogP contribution in [0, 0.1) is 5.41 Å². The van der Waals surface area contributed by atoms with Gasteiger partial charge < -0.3 is 10.2 Å². The predicted octanol–water partition coefficient (Wildman–Crippen LogP) is 4.14. The number of nitrogens with zero attached hydrogens (tertiary/aromatic N) is 2. The summed E-state index contributed by atoms with van der Waals surface area (Å²) in [4.78, 5) is 29.4. The summed E-state index contributed by atoms with van der Waals surface area (Å²) in [5.41, 5.74) is 2.07. The highest BCUT2D eigenvalue weighted by molar-refractivity contribution is 6.30. The Hall–Kier alpha value is -2.37.